The van der Waals surface area contributed by atoms with Crippen LogP contribution in [-0.2, 0) is 12.8 Å². The minimum absolute atomic E-state index is 0.629. The van der Waals surface area contributed by atoms with Crippen LogP contribution in [0, 0.1) is 0 Å². The summed E-state index contributed by atoms with van der Waals surface area (Å²) in [5.41, 5.74) is 5.11. The average Bonchev–Trinajstić information content (AvgIpc) is 2.94. The molecule has 0 N–H and O–H groups in total. The van der Waals surface area contributed by atoms with Gasteiger partial charge in [-0.3, -0.25) is 14.8 Å². The molecule has 2 heterocycles. The molecule has 1 saturated heterocycles. The van der Waals surface area contributed by atoms with Crippen molar-refractivity contribution in [3.8, 4) is 11.5 Å². The van der Waals surface area contributed by atoms with E-state index in [9.17, 15) is 0 Å². The van der Waals surface area contributed by atoms with Crippen molar-refractivity contribution in [2.24, 2.45) is 0 Å². The van der Waals surface area contributed by atoms with Gasteiger partial charge in [-0.15, -0.1) is 0 Å². The number of anilines is 1. The highest BCUT2D eigenvalue weighted by Crippen LogP contribution is 2.33. The fourth-order valence-corrected chi connectivity index (χ4v) is 6.08. The Kier molecular flexibility index (Phi) is 7.93. The highest BCUT2D eigenvalue weighted by atomic mass is 16.5. The molecule has 2 aliphatic rings. The van der Waals surface area contributed by atoms with E-state index in [0.717, 1.165) is 69.1 Å². The molecule has 6 nitrogen and oxygen atoms in total. The van der Waals surface area contributed by atoms with Gasteiger partial charge < -0.3 is 14.4 Å². The molecule has 5 rings (SSSR count). The van der Waals surface area contributed by atoms with Crippen LogP contribution >= 0.6 is 0 Å². The monoisotopic (exact) mass is 488 g/mol. The summed E-state index contributed by atoms with van der Waals surface area (Å²) in [6.07, 6.45) is 6.59. The maximum atomic E-state index is 5.62. The molecule has 0 radical (unpaired) electrons. The van der Waals surface area contributed by atoms with E-state index in [-0.39, 0.29) is 0 Å². The Labute approximate surface area is 215 Å². The number of para-hydroxylation sites is 1. The highest BCUT2D eigenvalue weighted by Gasteiger charge is 2.27. The number of methoxy groups -OCH3 is 2. The molecule has 0 bridgehead atoms. The van der Waals surface area contributed by atoms with Gasteiger partial charge in [0.15, 0.2) is 0 Å². The third-order valence-electron chi connectivity index (χ3n) is 8.01. The molecule has 0 amide bonds. The van der Waals surface area contributed by atoms with E-state index in [2.05, 4.69) is 63.0 Å². The van der Waals surface area contributed by atoms with Crippen molar-refractivity contribution in [1.82, 2.24) is 14.8 Å². The molecule has 1 aliphatic heterocycles. The first-order valence-electron chi connectivity index (χ1n) is 13.5. The summed E-state index contributed by atoms with van der Waals surface area (Å²) in [7, 11) is 3.51. The number of benzene rings is 2. The topological polar surface area (TPSA) is 41.1 Å². The summed E-state index contributed by atoms with van der Waals surface area (Å²) in [5, 5.41) is 1.17. The predicted octanol–water partition coefficient (Wildman–Crippen LogP) is 4.64. The summed E-state index contributed by atoms with van der Waals surface area (Å²) < 4.78 is 11.2. The first-order chi connectivity index (χ1) is 17.7. The summed E-state index contributed by atoms with van der Waals surface area (Å²) in [4.78, 5) is 12.5. The minimum Gasteiger partial charge on any atom is -0.496 e. The minimum atomic E-state index is 0.629. The Morgan fingerprint density at radius 1 is 0.944 bits per heavy atom. The van der Waals surface area contributed by atoms with Crippen molar-refractivity contribution in [2.75, 3.05) is 64.9 Å². The second-order valence-electron chi connectivity index (χ2n) is 10.0. The molecule has 1 fully saturated rings. The fourth-order valence-electron chi connectivity index (χ4n) is 6.08. The number of hydrogen-bond acceptors (Lipinski definition) is 6. The number of pyridine rings is 1. The third kappa shape index (κ3) is 5.16. The second kappa shape index (κ2) is 11.5. The first kappa shape index (κ1) is 24.8. The van der Waals surface area contributed by atoms with Gasteiger partial charge in [0.05, 0.1) is 14.2 Å². The summed E-state index contributed by atoms with van der Waals surface area (Å²) in [6, 6.07) is 15.5. The zero-order valence-electron chi connectivity index (χ0n) is 22.1. The number of ether oxygens (including phenoxy) is 2. The van der Waals surface area contributed by atoms with Crippen molar-refractivity contribution < 1.29 is 9.47 Å². The molecule has 3 aromatic rings. The van der Waals surface area contributed by atoms with Gasteiger partial charge in [-0.1, -0.05) is 31.2 Å². The van der Waals surface area contributed by atoms with Crippen molar-refractivity contribution in [1.29, 1.82) is 0 Å². The SMILES string of the molecule is CCCN(CCN1CCN(c2ccnc3c(OC)cccc23)CC1)[C@@H]1CCc2c(cccc2OC)C1. The van der Waals surface area contributed by atoms with Crippen LogP contribution in [0.4, 0.5) is 5.69 Å². The predicted molar refractivity (Wildman–Crippen MR) is 148 cm³/mol. The Balaban J connectivity index is 1.19. The van der Waals surface area contributed by atoms with Crippen LogP contribution in [-0.4, -0.2) is 80.9 Å². The maximum Gasteiger partial charge on any atom is 0.145 e. The van der Waals surface area contributed by atoms with Crippen LogP contribution in [0.1, 0.15) is 30.9 Å². The number of piperazine rings is 1. The van der Waals surface area contributed by atoms with E-state index in [1.54, 1.807) is 14.2 Å². The van der Waals surface area contributed by atoms with Gasteiger partial charge >= 0.3 is 0 Å². The lowest BCUT2D eigenvalue weighted by molar-refractivity contribution is 0.145. The molecule has 192 valence electrons. The Morgan fingerprint density at radius 2 is 1.72 bits per heavy atom. The largest absolute Gasteiger partial charge is 0.496 e. The van der Waals surface area contributed by atoms with Gasteiger partial charge in [0.2, 0.25) is 0 Å². The molecule has 0 spiro atoms. The molecule has 6 heteroatoms. The Morgan fingerprint density at radius 3 is 2.50 bits per heavy atom. The van der Waals surface area contributed by atoms with Gasteiger partial charge in [-0.05, 0) is 61.6 Å². The maximum absolute atomic E-state index is 5.62. The molecule has 0 unspecified atom stereocenters. The van der Waals surface area contributed by atoms with E-state index in [1.165, 1.54) is 41.6 Å². The lowest BCUT2D eigenvalue weighted by atomic mass is 9.86. The zero-order valence-corrected chi connectivity index (χ0v) is 22.1. The van der Waals surface area contributed by atoms with Gasteiger partial charge in [-0.2, -0.15) is 0 Å². The summed E-state index contributed by atoms with van der Waals surface area (Å²) >= 11 is 0. The van der Waals surface area contributed by atoms with Crippen molar-refractivity contribution >= 4 is 16.6 Å². The fraction of sp³-hybridized carbons (Fsp3) is 0.500. The van der Waals surface area contributed by atoms with E-state index in [0.29, 0.717) is 6.04 Å². The van der Waals surface area contributed by atoms with Crippen molar-refractivity contribution in [3.05, 3.63) is 59.8 Å². The molecule has 1 aromatic heterocycles. The molecule has 1 aliphatic carbocycles. The second-order valence-corrected chi connectivity index (χ2v) is 10.0. The lowest BCUT2D eigenvalue weighted by Gasteiger charge is -2.39. The van der Waals surface area contributed by atoms with Gasteiger partial charge in [0.1, 0.15) is 17.0 Å². The highest BCUT2D eigenvalue weighted by molar-refractivity contribution is 5.95. The van der Waals surface area contributed by atoms with Gasteiger partial charge in [0.25, 0.3) is 0 Å². The third-order valence-corrected chi connectivity index (χ3v) is 8.01. The molecular weight excluding hydrogens is 448 g/mol. The standard InChI is InChI=1S/C30H40N4O2/c1-4-15-33(24-11-12-25-23(22-24)7-5-9-28(25)35-2)19-16-32-17-20-34(21-18-32)27-13-14-31-30-26(27)8-6-10-29(30)36-3/h5-10,13-14,24H,4,11-12,15-22H2,1-3H3/t24-/m1/s1. The number of aromatic nitrogens is 1. The van der Waals surface area contributed by atoms with Gasteiger partial charge in [0, 0.05) is 62.6 Å². The van der Waals surface area contributed by atoms with Crippen molar-refractivity contribution in [2.45, 2.75) is 38.6 Å². The number of hydrogen-bond donors (Lipinski definition) is 0. The smallest absolute Gasteiger partial charge is 0.145 e. The summed E-state index contributed by atoms with van der Waals surface area (Å²) in [5.74, 6) is 1.90. The van der Waals surface area contributed by atoms with Gasteiger partial charge in [-0.25, -0.2) is 0 Å². The Bertz CT molecular complexity index is 1160. The molecule has 1 atom stereocenters. The number of nitrogens with zero attached hydrogens (tertiary/aromatic N) is 4. The van der Waals surface area contributed by atoms with Crippen LogP contribution < -0.4 is 14.4 Å². The normalized spacial score (nSPS) is 18.4. The van der Waals surface area contributed by atoms with Crippen LogP contribution in [0.3, 0.4) is 0 Å². The van der Waals surface area contributed by atoms with E-state index in [4.69, 9.17) is 9.47 Å². The van der Waals surface area contributed by atoms with E-state index in [1.807, 2.05) is 12.3 Å². The van der Waals surface area contributed by atoms with Crippen LogP contribution in [0.15, 0.2) is 48.7 Å². The summed E-state index contributed by atoms with van der Waals surface area (Å²) in [6.45, 7) is 10.0. The quantitative estimate of drug-likeness (QED) is 0.437. The van der Waals surface area contributed by atoms with E-state index < -0.39 is 0 Å². The number of fused-ring (bicyclic) bond motifs is 2. The molecule has 0 saturated carbocycles. The average molecular weight is 489 g/mol. The molecule has 2 aromatic carbocycles. The van der Waals surface area contributed by atoms with Crippen LogP contribution in [0.5, 0.6) is 11.5 Å². The van der Waals surface area contributed by atoms with Crippen LogP contribution in [0.25, 0.3) is 10.9 Å². The molecular formula is C30H40N4O2. The van der Waals surface area contributed by atoms with Crippen LogP contribution in [0.2, 0.25) is 0 Å². The van der Waals surface area contributed by atoms with E-state index >= 15 is 0 Å². The molecule has 36 heavy (non-hydrogen) atoms. The lowest BCUT2D eigenvalue weighted by Crippen LogP contribution is -2.50. The number of rotatable bonds is 9. The Hall–Kier alpha value is -2.83. The first-order valence-corrected chi connectivity index (χ1v) is 13.5. The zero-order chi connectivity index (χ0) is 24.9. The van der Waals surface area contributed by atoms with Crippen molar-refractivity contribution in [3.63, 3.8) is 0 Å².